The maximum atomic E-state index is 5.53. The van der Waals surface area contributed by atoms with Gasteiger partial charge in [-0.2, -0.15) is 0 Å². The van der Waals surface area contributed by atoms with Crippen LogP contribution in [-0.2, 0) is 24.2 Å². The maximum absolute atomic E-state index is 5.53. The fourth-order valence-electron chi connectivity index (χ4n) is 2.45. The molecule has 5 nitrogen and oxygen atoms in total. The minimum Gasteiger partial charge on any atom is -0.380 e. The van der Waals surface area contributed by atoms with Crippen LogP contribution in [0.2, 0.25) is 0 Å². The monoisotopic (exact) mass is 266 g/mol. The molecule has 1 aliphatic heterocycles. The summed E-state index contributed by atoms with van der Waals surface area (Å²) in [6, 6.07) is 0.372. The van der Waals surface area contributed by atoms with Crippen LogP contribution in [0.25, 0.3) is 0 Å². The highest BCUT2D eigenvalue weighted by Crippen LogP contribution is 2.14. The van der Waals surface area contributed by atoms with Crippen LogP contribution in [0.1, 0.15) is 45.3 Å². The molecule has 0 fully saturated rings. The summed E-state index contributed by atoms with van der Waals surface area (Å²) in [5, 5.41) is 12.2. The summed E-state index contributed by atoms with van der Waals surface area (Å²) in [4.78, 5) is 0. The first kappa shape index (κ1) is 14.5. The topological polar surface area (TPSA) is 52.0 Å². The van der Waals surface area contributed by atoms with Crippen molar-refractivity contribution in [3.8, 4) is 0 Å². The lowest BCUT2D eigenvalue weighted by molar-refractivity contribution is 0.107. The van der Waals surface area contributed by atoms with E-state index in [0.717, 1.165) is 44.4 Å². The number of fused-ring (bicyclic) bond motifs is 1. The largest absolute Gasteiger partial charge is 0.380 e. The number of hydrogen-bond acceptors (Lipinski definition) is 4. The lowest BCUT2D eigenvalue weighted by atomic mass is 10.1. The van der Waals surface area contributed by atoms with Gasteiger partial charge in [0.25, 0.3) is 0 Å². The molecule has 2 heterocycles. The lowest BCUT2D eigenvalue weighted by Crippen LogP contribution is -2.38. The molecule has 0 saturated carbocycles. The van der Waals surface area contributed by atoms with Gasteiger partial charge < -0.3 is 14.6 Å². The first-order valence-electron chi connectivity index (χ1n) is 7.44. The van der Waals surface area contributed by atoms with E-state index in [0.29, 0.717) is 12.0 Å². The highest BCUT2D eigenvalue weighted by atomic mass is 16.5. The molecule has 1 atom stereocenters. The number of aryl methyl sites for hydroxylation is 1. The third kappa shape index (κ3) is 3.76. The molecule has 1 N–H and O–H groups in total. The van der Waals surface area contributed by atoms with E-state index in [4.69, 9.17) is 4.74 Å². The van der Waals surface area contributed by atoms with Gasteiger partial charge in [0.05, 0.1) is 13.2 Å². The van der Waals surface area contributed by atoms with Crippen molar-refractivity contribution in [2.24, 2.45) is 5.92 Å². The quantitative estimate of drug-likeness (QED) is 0.817. The predicted molar refractivity (Wildman–Crippen MR) is 74.9 cm³/mol. The van der Waals surface area contributed by atoms with E-state index in [1.807, 2.05) is 6.92 Å². The predicted octanol–water partition coefficient (Wildman–Crippen LogP) is 1.77. The molecule has 5 heteroatoms. The smallest absolute Gasteiger partial charge is 0.147 e. The van der Waals surface area contributed by atoms with Gasteiger partial charge in [0.2, 0.25) is 0 Å². The van der Waals surface area contributed by atoms with E-state index in [1.54, 1.807) is 0 Å². The summed E-state index contributed by atoms with van der Waals surface area (Å²) >= 11 is 0. The van der Waals surface area contributed by atoms with Crippen LogP contribution in [-0.4, -0.2) is 34.0 Å². The van der Waals surface area contributed by atoms with E-state index >= 15 is 0 Å². The van der Waals surface area contributed by atoms with Crippen molar-refractivity contribution in [2.45, 2.75) is 59.2 Å². The zero-order valence-corrected chi connectivity index (χ0v) is 12.4. The Morgan fingerprint density at radius 3 is 2.89 bits per heavy atom. The van der Waals surface area contributed by atoms with Crippen LogP contribution in [0.4, 0.5) is 0 Å². The van der Waals surface area contributed by atoms with Crippen molar-refractivity contribution in [1.29, 1.82) is 0 Å². The van der Waals surface area contributed by atoms with E-state index in [1.165, 1.54) is 12.8 Å². The summed E-state index contributed by atoms with van der Waals surface area (Å²) in [7, 11) is 0. The molecule has 0 bridgehead atoms. The van der Waals surface area contributed by atoms with Crippen LogP contribution >= 0.6 is 0 Å². The Kier molecular flexibility index (Phi) is 5.34. The minimum absolute atomic E-state index is 0.372. The van der Waals surface area contributed by atoms with Crippen molar-refractivity contribution < 1.29 is 4.74 Å². The van der Waals surface area contributed by atoms with Crippen LogP contribution in [0.3, 0.4) is 0 Å². The Morgan fingerprint density at radius 2 is 2.16 bits per heavy atom. The molecule has 19 heavy (non-hydrogen) atoms. The molecule has 1 aromatic heterocycles. The molecule has 0 aliphatic carbocycles. The van der Waals surface area contributed by atoms with Crippen molar-refractivity contribution in [3.05, 3.63) is 11.6 Å². The molecular formula is C14H26N4O. The fourth-order valence-corrected chi connectivity index (χ4v) is 2.45. The summed E-state index contributed by atoms with van der Waals surface area (Å²) in [6.07, 6.45) is 3.55. The normalized spacial score (nSPS) is 16.6. The summed E-state index contributed by atoms with van der Waals surface area (Å²) < 4.78 is 7.81. The van der Waals surface area contributed by atoms with E-state index < -0.39 is 0 Å². The molecule has 0 spiro atoms. The first-order chi connectivity index (χ1) is 9.22. The molecule has 108 valence electrons. The van der Waals surface area contributed by atoms with Crippen molar-refractivity contribution in [2.75, 3.05) is 13.2 Å². The number of hydrogen-bond donors (Lipinski definition) is 1. The minimum atomic E-state index is 0.372. The molecule has 0 amide bonds. The Hall–Kier alpha value is -0.940. The molecule has 1 unspecified atom stereocenters. The Bertz CT molecular complexity index is 389. The number of aromatic nitrogens is 3. The number of nitrogens with zero attached hydrogens (tertiary/aromatic N) is 3. The highest BCUT2D eigenvalue weighted by Gasteiger charge is 2.18. The average Bonchev–Trinajstić information content (AvgIpc) is 2.82. The van der Waals surface area contributed by atoms with E-state index in [-0.39, 0.29) is 0 Å². The van der Waals surface area contributed by atoms with Gasteiger partial charge in [0.15, 0.2) is 0 Å². The SMILES string of the molecule is CCOCC(NCc1nnc2n1CCCC2)C(C)C. The third-order valence-electron chi connectivity index (χ3n) is 3.76. The molecule has 0 aromatic carbocycles. The molecule has 0 saturated heterocycles. The zero-order valence-electron chi connectivity index (χ0n) is 12.4. The van der Waals surface area contributed by atoms with Crippen molar-refractivity contribution >= 4 is 0 Å². The summed E-state index contributed by atoms with van der Waals surface area (Å²) in [5.41, 5.74) is 0. The van der Waals surface area contributed by atoms with Crippen LogP contribution in [0, 0.1) is 5.92 Å². The maximum Gasteiger partial charge on any atom is 0.147 e. The Labute approximate surface area is 115 Å². The zero-order chi connectivity index (χ0) is 13.7. The third-order valence-corrected chi connectivity index (χ3v) is 3.76. The number of rotatable bonds is 7. The van der Waals surface area contributed by atoms with Gasteiger partial charge in [-0.1, -0.05) is 13.8 Å². The number of nitrogens with one attached hydrogen (secondary N) is 1. The van der Waals surface area contributed by atoms with E-state index in [9.17, 15) is 0 Å². The second-order valence-corrected chi connectivity index (χ2v) is 5.53. The molecule has 1 aliphatic rings. The van der Waals surface area contributed by atoms with Gasteiger partial charge in [0, 0.05) is 25.6 Å². The Balaban J connectivity index is 1.91. The second-order valence-electron chi connectivity index (χ2n) is 5.53. The first-order valence-corrected chi connectivity index (χ1v) is 7.44. The number of ether oxygens (including phenoxy) is 1. The van der Waals surface area contributed by atoms with Gasteiger partial charge in [0.1, 0.15) is 11.6 Å². The van der Waals surface area contributed by atoms with Gasteiger partial charge in [-0.25, -0.2) is 0 Å². The molecule has 1 aromatic rings. The molecular weight excluding hydrogens is 240 g/mol. The van der Waals surface area contributed by atoms with Crippen LogP contribution < -0.4 is 5.32 Å². The van der Waals surface area contributed by atoms with Gasteiger partial charge >= 0.3 is 0 Å². The van der Waals surface area contributed by atoms with Crippen LogP contribution in [0.15, 0.2) is 0 Å². The van der Waals surface area contributed by atoms with Gasteiger partial charge in [-0.05, 0) is 25.7 Å². The average molecular weight is 266 g/mol. The van der Waals surface area contributed by atoms with Crippen LogP contribution in [0.5, 0.6) is 0 Å². The lowest BCUT2D eigenvalue weighted by Gasteiger charge is -2.22. The van der Waals surface area contributed by atoms with Crippen molar-refractivity contribution in [1.82, 2.24) is 20.1 Å². The second kappa shape index (κ2) is 7.01. The molecule has 2 rings (SSSR count). The summed E-state index contributed by atoms with van der Waals surface area (Å²) in [6.45, 7) is 9.85. The Morgan fingerprint density at radius 1 is 1.32 bits per heavy atom. The van der Waals surface area contributed by atoms with Gasteiger partial charge in [-0.3, -0.25) is 0 Å². The fraction of sp³-hybridized carbons (Fsp3) is 0.857. The van der Waals surface area contributed by atoms with E-state index in [2.05, 4.69) is 33.9 Å². The summed E-state index contributed by atoms with van der Waals surface area (Å²) in [5.74, 6) is 2.76. The standard InChI is InChI=1S/C14H26N4O/c1-4-19-10-12(11(2)3)15-9-14-17-16-13-7-5-6-8-18(13)14/h11-12,15H,4-10H2,1-3H3. The molecule has 0 radical (unpaired) electrons. The highest BCUT2D eigenvalue weighted by molar-refractivity contribution is 4.99. The van der Waals surface area contributed by atoms with Crippen molar-refractivity contribution in [3.63, 3.8) is 0 Å². The van der Waals surface area contributed by atoms with Gasteiger partial charge in [-0.15, -0.1) is 10.2 Å².